The van der Waals surface area contributed by atoms with Gasteiger partial charge in [0.05, 0.1) is 22.7 Å². The first-order valence-electron chi connectivity index (χ1n) is 6.68. The Hall–Kier alpha value is -3.13. The first-order valence-corrected chi connectivity index (χ1v) is 6.68. The summed E-state index contributed by atoms with van der Waals surface area (Å²) in [4.78, 5) is 15.4. The van der Waals surface area contributed by atoms with Crippen molar-refractivity contribution in [1.29, 1.82) is 5.26 Å². The largest absolute Gasteiger partial charge is 0.356 e. The van der Waals surface area contributed by atoms with E-state index in [-0.39, 0.29) is 5.91 Å². The van der Waals surface area contributed by atoms with E-state index in [2.05, 4.69) is 10.3 Å². The lowest BCUT2D eigenvalue weighted by Crippen LogP contribution is -2.12. The number of H-pyrrole nitrogens is 1. The van der Waals surface area contributed by atoms with Crippen molar-refractivity contribution in [3.05, 3.63) is 65.1 Å². The zero-order valence-electron chi connectivity index (χ0n) is 11.8. The second-order valence-corrected chi connectivity index (χ2v) is 4.93. The summed E-state index contributed by atoms with van der Waals surface area (Å²) in [7, 11) is 0. The number of nitriles is 1. The summed E-state index contributed by atoms with van der Waals surface area (Å²) >= 11 is 0. The van der Waals surface area contributed by atoms with Crippen LogP contribution in [0.15, 0.2) is 42.5 Å². The SMILES string of the molecule is Cc1[nH]c2c(F)cccc2c1C(=O)Nc1ccc(C#N)cc1. The summed E-state index contributed by atoms with van der Waals surface area (Å²) in [5, 5.41) is 12.1. The summed E-state index contributed by atoms with van der Waals surface area (Å²) in [5.41, 5.74) is 2.44. The molecule has 0 unspecified atom stereocenters. The highest BCUT2D eigenvalue weighted by Crippen LogP contribution is 2.25. The van der Waals surface area contributed by atoms with E-state index in [1.54, 1.807) is 43.3 Å². The van der Waals surface area contributed by atoms with Gasteiger partial charge in [-0.15, -0.1) is 0 Å². The average Bonchev–Trinajstić information content (AvgIpc) is 2.86. The predicted molar refractivity (Wildman–Crippen MR) is 82.1 cm³/mol. The summed E-state index contributed by atoms with van der Waals surface area (Å²) in [6.45, 7) is 1.73. The highest BCUT2D eigenvalue weighted by Gasteiger charge is 2.17. The molecule has 0 saturated carbocycles. The lowest BCUT2D eigenvalue weighted by Gasteiger charge is -2.05. The normalized spacial score (nSPS) is 10.4. The molecule has 0 aliphatic rings. The lowest BCUT2D eigenvalue weighted by molar-refractivity contribution is 0.102. The molecule has 0 saturated heterocycles. The van der Waals surface area contributed by atoms with Crippen molar-refractivity contribution in [2.24, 2.45) is 0 Å². The maximum absolute atomic E-state index is 13.8. The Balaban J connectivity index is 1.97. The molecular weight excluding hydrogens is 281 g/mol. The third-order valence-corrected chi connectivity index (χ3v) is 3.47. The molecule has 4 nitrogen and oxygen atoms in total. The summed E-state index contributed by atoms with van der Waals surface area (Å²) in [6.07, 6.45) is 0. The molecule has 3 rings (SSSR count). The van der Waals surface area contributed by atoms with Crippen molar-refractivity contribution in [2.45, 2.75) is 6.92 Å². The molecule has 0 fully saturated rings. The number of halogens is 1. The van der Waals surface area contributed by atoms with Crippen LogP contribution in [0.1, 0.15) is 21.6 Å². The Morgan fingerprint density at radius 3 is 2.64 bits per heavy atom. The van der Waals surface area contributed by atoms with Gasteiger partial charge in [0.15, 0.2) is 0 Å². The van der Waals surface area contributed by atoms with E-state index < -0.39 is 5.82 Å². The van der Waals surface area contributed by atoms with Crippen LogP contribution in [0.4, 0.5) is 10.1 Å². The van der Waals surface area contributed by atoms with E-state index in [9.17, 15) is 9.18 Å². The minimum absolute atomic E-state index is 0.320. The van der Waals surface area contributed by atoms with Gasteiger partial charge in [-0.05, 0) is 37.3 Å². The number of aromatic nitrogens is 1. The summed E-state index contributed by atoms with van der Waals surface area (Å²) < 4.78 is 13.8. The Bertz CT molecular complexity index is 904. The standard InChI is InChI=1S/C17H12FN3O/c1-10-15(13-3-2-4-14(18)16(13)20-10)17(22)21-12-7-5-11(9-19)6-8-12/h2-8,20H,1H3,(H,21,22). The van der Waals surface area contributed by atoms with Crippen molar-refractivity contribution >= 4 is 22.5 Å². The maximum atomic E-state index is 13.8. The number of hydrogen-bond acceptors (Lipinski definition) is 2. The van der Waals surface area contributed by atoms with Crippen molar-refractivity contribution in [2.75, 3.05) is 5.32 Å². The second-order valence-electron chi connectivity index (χ2n) is 4.93. The van der Waals surface area contributed by atoms with Crippen LogP contribution in [0.25, 0.3) is 10.9 Å². The van der Waals surface area contributed by atoms with Crippen LogP contribution in [-0.4, -0.2) is 10.9 Å². The lowest BCUT2D eigenvalue weighted by atomic mass is 10.1. The molecular formula is C17H12FN3O. The number of nitrogens with zero attached hydrogens (tertiary/aromatic N) is 1. The summed E-state index contributed by atoms with van der Waals surface area (Å²) in [5.74, 6) is -0.711. The van der Waals surface area contributed by atoms with Crippen molar-refractivity contribution in [3.8, 4) is 6.07 Å². The molecule has 1 heterocycles. The number of aryl methyl sites for hydroxylation is 1. The van der Waals surface area contributed by atoms with Gasteiger partial charge in [-0.1, -0.05) is 12.1 Å². The number of carbonyl (C=O) groups is 1. The van der Waals surface area contributed by atoms with Crippen LogP contribution in [0, 0.1) is 24.1 Å². The number of fused-ring (bicyclic) bond motifs is 1. The van der Waals surface area contributed by atoms with Gasteiger partial charge in [0.2, 0.25) is 0 Å². The van der Waals surface area contributed by atoms with Crippen LogP contribution in [-0.2, 0) is 0 Å². The molecule has 2 aromatic carbocycles. The van der Waals surface area contributed by atoms with Crippen molar-refractivity contribution < 1.29 is 9.18 Å². The van der Waals surface area contributed by atoms with Gasteiger partial charge in [0.25, 0.3) is 5.91 Å². The number of para-hydroxylation sites is 1. The van der Waals surface area contributed by atoms with Gasteiger partial charge in [-0.3, -0.25) is 4.79 Å². The molecule has 1 amide bonds. The molecule has 5 heteroatoms. The Labute approximate surface area is 126 Å². The molecule has 0 atom stereocenters. The van der Waals surface area contributed by atoms with Crippen LogP contribution < -0.4 is 5.32 Å². The fourth-order valence-corrected chi connectivity index (χ4v) is 2.43. The Kier molecular flexibility index (Phi) is 3.36. The summed E-state index contributed by atoms with van der Waals surface area (Å²) in [6, 6.07) is 13.2. The van der Waals surface area contributed by atoms with Crippen LogP contribution in [0.2, 0.25) is 0 Å². The van der Waals surface area contributed by atoms with Crippen LogP contribution >= 0.6 is 0 Å². The van der Waals surface area contributed by atoms with Gasteiger partial charge < -0.3 is 10.3 Å². The Morgan fingerprint density at radius 2 is 1.95 bits per heavy atom. The Morgan fingerprint density at radius 1 is 1.23 bits per heavy atom. The van der Waals surface area contributed by atoms with Crippen LogP contribution in [0.3, 0.4) is 0 Å². The molecule has 0 spiro atoms. The van der Waals surface area contributed by atoms with E-state index >= 15 is 0 Å². The predicted octanol–water partition coefficient (Wildman–Crippen LogP) is 3.74. The molecule has 0 aliphatic carbocycles. The van der Waals surface area contributed by atoms with Crippen molar-refractivity contribution in [1.82, 2.24) is 4.98 Å². The number of rotatable bonds is 2. The zero-order valence-corrected chi connectivity index (χ0v) is 11.8. The quantitative estimate of drug-likeness (QED) is 0.755. The van der Waals surface area contributed by atoms with Gasteiger partial charge in [-0.2, -0.15) is 5.26 Å². The average molecular weight is 293 g/mol. The van der Waals surface area contributed by atoms with Crippen LogP contribution in [0.5, 0.6) is 0 Å². The molecule has 2 N–H and O–H groups in total. The third-order valence-electron chi connectivity index (χ3n) is 3.47. The molecule has 108 valence electrons. The van der Waals surface area contributed by atoms with E-state index in [1.807, 2.05) is 6.07 Å². The van der Waals surface area contributed by atoms with E-state index in [1.165, 1.54) is 6.07 Å². The number of aromatic amines is 1. The first-order chi connectivity index (χ1) is 10.6. The number of amides is 1. The van der Waals surface area contributed by atoms with E-state index in [4.69, 9.17) is 5.26 Å². The minimum Gasteiger partial charge on any atom is -0.356 e. The molecule has 3 aromatic rings. The van der Waals surface area contributed by atoms with Gasteiger partial charge in [-0.25, -0.2) is 4.39 Å². The van der Waals surface area contributed by atoms with Gasteiger partial charge >= 0.3 is 0 Å². The highest BCUT2D eigenvalue weighted by atomic mass is 19.1. The number of benzene rings is 2. The van der Waals surface area contributed by atoms with Gasteiger partial charge in [0, 0.05) is 16.8 Å². The second kappa shape index (κ2) is 5.34. The number of hydrogen-bond donors (Lipinski definition) is 2. The zero-order chi connectivity index (χ0) is 15.7. The fraction of sp³-hybridized carbons (Fsp3) is 0.0588. The first kappa shape index (κ1) is 13.8. The van der Waals surface area contributed by atoms with Gasteiger partial charge in [0.1, 0.15) is 5.82 Å². The smallest absolute Gasteiger partial charge is 0.258 e. The minimum atomic E-state index is -0.391. The molecule has 0 radical (unpaired) electrons. The topological polar surface area (TPSA) is 68.7 Å². The maximum Gasteiger partial charge on any atom is 0.258 e. The third kappa shape index (κ3) is 2.31. The molecule has 22 heavy (non-hydrogen) atoms. The molecule has 0 aliphatic heterocycles. The highest BCUT2D eigenvalue weighted by molar-refractivity contribution is 6.14. The van der Waals surface area contributed by atoms with Crippen molar-refractivity contribution in [3.63, 3.8) is 0 Å². The number of carbonyl (C=O) groups excluding carboxylic acids is 1. The monoisotopic (exact) mass is 293 g/mol. The molecule has 1 aromatic heterocycles. The number of nitrogens with one attached hydrogen (secondary N) is 2. The number of anilines is 1. The fourth-order valence-electron chi connectivity index (χ4n) is 2.43. The van der Waals surface area contributed by atoms with E-state index in [0.717, 1.165) is 0 Å². The van der Waals surface area contributed by atoms with E-state index in [0.29, 0.717) is 33.4 Å². The molecule has 0 bridgehead atoms.